The molecule has 0 spiro atoms. The van der Waals surface area contributed by atoms with Crippen LogP contribution in [0.15, 0.2) is 12.1 Å². The summed E-state index contributed by atoms with van der Waals surface area (Å²) in [6.07, 6.45) is 1.83. The SMILES string of the molecule is Oc1ccc(C2CCNCC2)c(F)c1Cl. The third-order valence-corrected chi connectivity index (χ3v) is 3.23. The normalized spacial score (nSPS) is 18.0. The molecule has 0 radical (unpaired) electrons. The van der Waals surface area contributed by atoms with E-state index in [0.717, 1.165) is 25.9 Å². The van der Waals surface area contributed by atoms with Crippen LogP contribution in [0.5, 0.6) is 5.75 Å². The summed E-state index contributed by atoms with van der Waals surface area (Å²) in [6, 6.07) is 3.09. The Balaban J connectivity index is 2.31. The molecule has 0 aromatic heterocycles. The van der Waals surface area contributed by atoms with Crippen LogP contribution >= 0.6 is 11.6 Å². The molecule has 0 atom stereocenters. The van der Waals surface area contributed by atoms with E-state index < -0.39 is 5.82 Å². The summed E-state index contributed by atoms with van der Waals surface area (Å²) in [7, 11) is 0. The highest BCUT2D eigenvalue weighted by Crippen LogP contribution is 2.34. The highest BCUT2D eigenvalue weighted by Gasteiger charge is 2.21. The van der Waals surface area contributed by atoms with Gasteiger partial charge in [-0.15, -0.1) is 0 Å². The van der Waals surface area contributed by atoms with Crippen LogP contribution in [0.3, 0.4) is 0 Å². The van der Waals surface area contributed by atoms with E-state index in [1.807, 2.05) is 0 Å². The van der Waals surface area contributed by atoms with Gasteiger partial charge in [-0.3, -0.25) is 0 Å². The average molecular weight is 230 g/mol. The molecule has 1 aliphatic rings. The van der Waals surface area contributed by atoms with Crippen molar-refractivity contribution in [3.8, 4) is 5.75 Å². The van der Waals surface area contributed by atoms with E-state index in [4.69, 9.17) is 11.6 Å². The first-order valence-electron chi connectivity index (χ1n) is 5.07. The Morgan fingerprint density at radius 2 is 2.00 bits per heavy atom. The molecule has 2 nitrogen and oxygen atoms in total. The van der Waals surface area contributed by atoms with Crippen molar-refractivity contribution in [2.24, 2.45) is 0 Å². The summed E-state index contributed by atoms with van der Waals surface area (Å²) in [4.78, 5) is 0. The van der Waals surface area contributed by atoms with Gasteiger partial charge in [0.05, 0.1) is 0 Å². The lowest BCUT2D eigenvalue weighted by atomic mass is 9.90. The Bertz CT molecular complexity index is 364. The highest BCUT2D eigenvalue weighted by molar-refractivity contribution is 6.32. The van der Waals surface area contributed by atoms with Crippen LogP contribution in [0.4, 0.5) is 4.39 Å². The minimum absolute atomic E-state index is 0.161. The van der Waals surface area contributed by atoms with Crippen LogP contribution in [-0.4, -0.2) is 18.2 Å². The maximum Gasteiger partial charge on any atom is 0.149 e. The smallest absolute Gasteiger partial charge is 0.149 e. The summed E-state index contributed by atoms with van der Waals surface area (Å²) >= 11 is 5.66. The van der Waals surface area contributed by atoms with Crippen LogP contribution in [0.1, 0.15) is 24.3 Å². The van der Waals surface area contributed by atoms with Gasteiger partial charge in [0.1, 0.15) is 16.6 Å². The Morgan fingerprint density at radius 1 is 1.33 bits per heavy atom. The lowest BCUT2D eigenvalue weighted by molar-refractivity contribution is 0.438. The van der Waals surface area contributed by atoms with Gasteiger partial charge >= 0.3 is 0 Å². The van der Waals surface area contributed by atoms with Crippen molar-refractivity contribution in [1.29, 1.82) is 0 Å². The van der Waals surface area contributed by atoms with Gasteiger partial charge in [0, 0.05) is 0 Å². The molecular formula is C11H13ClFNO. The number of hydrogen-bond acceptors (Lipinski definition) is 2. The van der Waals surface area contributed by atoms with Crippen LogP contribution in [0, 0.1) is 5.82 Å². The Morgan fingerprint density at radius 3 is 2.67 bits per heavy atom. The average Bonchev–Trinajstić information content (AvgIpc) is 2.27. The second-order valence-corrected chi connectivity index (χ2v) is 4.20. The first-order chi connectivity index (χ1) is 7.20. The molecule has 0 saturated carbocycles. The van der Waals surface area contributed by atoms with E-state index in [2.05, 4.69) is 5.32 Å². The number of phenolic OH excluding ortho intramolecular Hbond substituents is 1. The van der Waals surface area contributed by atoms with Gasteiger partial charge < -0.3 is 10.4 Å². The van der Waals surface area contributed by atoms with Gasteiger partial charge in [-0.1, -0.05) is 17.7 Å². The molecule has 1 saturated heterocycles. The number of halogens is 2. The van der Waals surface area contributed by atoms with Gasteiger partial charge in [-0.2, -0.15) is 0 Å². The summed E-state index contributed by atoms with van der Waals surface area (Å²) in [6.45, 7) is 1.81. The second-order valence-electron chi connectivity index (χ2n) is 3.83. The molecule has 0 unspecified atom stereocenters. The van der Waals surface area contributed by atoms with Crippen LogP contribution < -0.4 is 5.32 Å². The van der Waals surface area contributed by atoms with Crippen LogP contribution in [-0.2, 0) is 0 Å². The largest absolute Gasteiger partial charge is 0.506 e. The third kappa shape index (κ3) is 2.08. The first kappa shape index (κ1) is 10.7. The molecule has 1 heterocycles. The van der Waals surface area contributed by atoms with Crippen molar-refractivity contribution in [3.05, 3.63) is 28.5 Å². The molecule has 0 amide bonds. The zero-order chi connectivity index (χ0) is 10.8. The Hall–Kier alpha value is -0.800. The predicted molar refractivity (Wildman–Crippen MR) is 57.9 cm³/mol. The summed E-state index contributed by atoms with van der Waals surface area (Å²) in [5.41, 5.74) is 0.624. The van der Waals surface area contributed by atoms with Crippen molar-refractivity contribution < 1.29 is 9.50 Å². The fourth-order valence-corrected chi connectivity index (χ4v) is 2.17. The molecule has 0 bridgehead atoms. The zero-order valence-corrected chi connectivity index (χ0v) is 9.02. The number of nitrogens with one attached hydrogen (secondary N) is 1. The molecule has 1 aromatic carbocycles. The van der Waals surface area contributed by atoms with Gasteiger partial charge in [0.2, 0.25) is 0 Å². The van der Waals surface area contributed by atoms with E-state index in [9.17, 15) is 9.50 Å². The van der Waals surface area contributed by atoms with Crippen LogP contribution in [0.2, 0.25) is 5.02 Å². The summed E-state index contributed by atoms with van der Waals surface area (Å²) in [5.74, 6) is -0.445. The van der Waals surface area contributed by atoms with Crippen molar-refractivity contribution in [2.45, 2.75) is 18.8 Å². The Labute approximate surface area is 93.1 Å². The quantitative estimate of drug-likeness (QED) is 0.776. The highest BCUT2D eigenvalue weighted by atomic mass is 35.5. The maximum atomic E-state index is 13.7. The lowest BCUT2D eigenvalue weighted by Crippen LogP contribution is -2.27. The van der Waals surface area contributed by atoms with E-state index >= 15 is 0 Å². The van der Waals surface area contributed by atoms with Crippen molar-refractivity contribution in [3.63, 3.8) is 0 Å². The first-order valence-corrected chi connectivity index (χ1v) is 5.45. The molecule has 82 valence electrons. The minimum atomic E-state index is -0.469. The maximum absolute atomic E-state index is 13.7. The van der Waals surface area contributed by atoms with E-state index in [1.54, 1.807) is 6.07 Å². The lowest BCUT2D eigenvalue weighted by Gasteiger charge is -2.23. The number of piperidine rings is 1. The van der Waals surface area contributed by atoms with E-state index in [1.165, 1.54) is 6.07 Å². The number of aromatic hydroxyl groups is 1. The third-order valence-electron chi connectivity index (χ3n) is 2.87. The van der Waals surface area contributed by atoms with E-state index in [0.29, 0.717) is 5.56 Å². The molecule has 1 fully saturated rings. The van der Waals surface area contributed by atoms with Crippen molar-refractivity contribution in [1.82, 2.24) is 5.32 Å². The van der Waals surface area contributed by atoms with Gasteiger partial charge in [0.25, 0.3) is 0 Å². The molecule has 1 aliphatic heterocycles. The molecule has 2 rings (SSSR count). The molecule has 2 N–H and O–H groups in total. The molecule has 4 heteroatoms. The topological polar surface area (TPSA) is 32.3 Å². The molecular weight excluding hydrogens is 217 g/mol. The molecule has 15 heavy (non-hydrogen) atoms. The zero-order valence-electron chi connectivity index (χ0n) is 8.26. The second kappa shape index (κ2) is 4.37. The van der Waals surface area contributed by atoms with Gasteiger partial charge in [-0.25, -0.2) is 4.39 Å². The van der Waals surface area contributed by atoms with Gasteiger partial charge in [-0.05, 0) is 43.5 Å². The van der Waals surface area contributed by atoms with Gasteiger partial charge in [0.15, 0.2) is 0 Å². The van der Waals surface area contributed by atoms with Crippen molar-refractivity contribution >= 4 is 11.6 Å². The van der Waals surface area contributed by atoms with Crippen LogP contribution in [0.25, 0.3) is 0 Å². The number of phenols is 1. The summed E-state index contributed by atoms with van der Waals surface area (Å²) < 4.78 is 13.7. The number of rotatable bonds is 1. The fourth-order valence-electron chi connectivity index (χ4n) is 2.00. The molecule has 0 aliphatic carbocycles. The molecule has 1 aromatic rings. The number of hydrogen-bond donors (Lipinski definition) is 2. The monoisotopic (exact) mass is 229 g/mol. The standard InChI is InChI=1S/C11H13ClFNO/c12-10-9(15)2-1-8(11(10)13)7-3-5-14-6-4-7/h1-2,7,14-15H,3-6H2. The van der Waals surface area contributed by atoms with Crippen molar-refractivity contribution in [2.75, 3.05) is 13.1 Å². The predicted octanol–water partition coefficient (Wildman–Crippen LogP) is 2.65. The number of benzene rings is 1. The Kier molecular flexibility index (Phi) is 3.12. The van der Waals surface area contributed by atoms with E-state index in [-0.39, 0.29) is 16.7 Å². The summed E-state index contributed by atoms with van der Waals surface area (Å²) in [5, 5.41) is 12.3. The minimum Gasteiger partial charge on any atom is -0.506 e. The fraction of sp³-hybridized carbons (Fsp3) is 0.455.